The lowest BCUT2D eigenvalue weighted by molar-refractivity contribution is 0.476. The molecule has 0 saturated carbocycles. The minimum atomic E-state index is 0.192. The Morgan fingerprint density at radius 1 is 1.06 bits per heavy atom. The fraction of sp³-hybridized carbons (Fsp3) is 0.143. The van der Waals surface area contributed by atoms with Gasteiger partial charge >= 0.3 is 0 Å². The van der Waals surface area contributed by atoms with Gasteiger partial charge < -0.3 is 10.0 Å². The summed E-state index contributed by atoms with van der Waals surface area (Å²) in [4.78, 5) is 1.98. The highest BCUT2D eigenvalue weighted by Crippen LogP contribution is 2.36. The van der Waals surface area contributed by atoms with E-state index in [1.54, 1.807) is 6.07 Å². The van der Waals surface area contributed by atoms with E-state index in [9.17, 15) is 5.11 Å². The van der Waals surface area contributed by atoms with Crippen LogP contribution in [0.1, 0.15) is 0 Å². The number of aromatic hydroxyl groups is 1. The summed E-state index contributed by atoms with van der Waals surface area (Å²) in [6, 6.07) is 16.3. The van der Waals surface area contributed by atoms with E-state index in [0.717, 1.165) is 16.8 Å². The third-order valence-corrected chi connectivity index (χ3v) is 2.50. The van der Waals surface area contributed by atoms with Gasteiger partial charge in [-0.05, 0) is 17.7 Å². The second-order valence-corrected chi connectivity index (χ2v) is 3.85. The molecule has 0 unspecified atom stereocenters. The van der Waals surface area contributed by atoms with Crippen molar-refractivity contribution in [3.05, 3.63) is 48.5 Å². The molecule has 16 heavy (non-hydrogen) atoms. The Morgan fingerprint density at radius 3 is 2.38 bits per heavy atom. The molecular weight excluding hydrogens is 198 g/mol. The molecule has 0 aliphatic carbocycles. The van der Waals surface area contributed by atoms with Gasteiger partial charge in [0, 0.05) is 31.4 Å². The van der Waals surface area contributed by atoms with E-state index >= 15 is 0 Å². The highest BCUT2D eigenvalue weighted by atomic mass is 16.3. The normalized spacial score (nSPS) is 10.1. The highest BCUT2D eigenvalue weighted by molar-refractivity contribution is 5.83. The summed E-state index contributed by atoms with van der Waals surface area (Å²) >= 11 is 0. The van der Waals surface area contributed by atoms with Gasteiger partial charge in [-0.3, -0.25) is 0 Å². The maximum absolute atomic E-state index is 9.91. The average Bonchev–Trinajstić information content (AvgIpc) is 2.29. The van der Waals surface area contributed by atoms with Gasteiger partial charge in [0.15, 0.2) is 0 Å². The Balaban J connectivity index is 2.64. The van der Waals surface area contributed by atoms with Gasteiger partial charge in [0.2, 0.25) is 0 Å². The number of hydrogen-bond acceptors (Lipinski definition) is 2. The van der Waals surface area contributed by atoms with Gasteiger partial charge in [0.25, 0.3) is 0 Å². The standard InChI is InChI=1S/C14H14NO/c1-15(2)12-9-6-10-13(16)14(12)11-7-4-3-5-8-11/h3-9,16H,1-2H3. The molecule has 0 heterocycles. The molecule has 0 aliphatic rings. The van der Waals surface area contributed by atoms with E-state index in [1.165, 1.54) is 0 Å². The Morgan fingerprint density at radius 2 is 1.75 bits per heavy atom. The molecule has 0 aromatic heterocycles. The van der Waals surface area contributed by atoms with Crippen molar-refractivity contribution in [2.24, 2.45) is 0 Å². The Kier molecular flexibility index (Phi) is 2.82. The van der Waals surface area contributed by atoms with Crippen LogP contribution in [-0.4, -0.2) is 19.2 Å². The second kappa shape index (κ2) is 4.27. The van der Waals surface area contributed by atoms with Crippen molar-refractivity contribution in [2.75, 3.05) is 19.0 Å². The quantitative estimate of drug-likeness (QED) is 0.827. The number of benzene rings is 2. The molecular formula is C14H14NO. The van der Waals surface area contributed by atoms with Crippen LogP contribution in [0.4, 0.5) is 5.69 Å². The third-order valence-electron chi connectivity index (χ3n) is 2.50. The average molecular weight is 212 g/mol. The van der Waals surface area contributed by atoms with Crippen molar-refractivity contribution in [1.82, 2.24) is 0 Å². The van der Waals surface area contributed by atoms with Crippen molar-refractivity contribution in [3.63, 3.8) is 0 Å². The zero-order chi connectivity index (χ0) is 11.5. The van der Waals surface area contributed by atoms with Gasteiger partial charge in [-0.1, -0.05) is 30.3 Å². The summed E-state index contributed by atoms with van der Waals surface area (Å²) in [7, 11) is 3.92. The maximum atomic E-state index is 9.91. The van der Waals surface area contributed by atoms with Gasteiger partial charge in [-0.25, -0.2) is 0 Å². The van der Waals surface area contributed by atoms with Crippen LogP contribution in [0, 0.1) is 6.07 Å². The molecule has 2 aromatic carbocycles. The van der Waals surface area contributed by atoms with E-state index in [-0.39, 0.29) is 5.75 Å². The molecule has 0 aliphatic heterocycles. The molecule has 2 aromatic rings. The molecule has 0 fully saturated rings. The zero-order valence-corrected chi connectivity index (χ0v) is 9.44. The number of hydrogen-bond donors (Lipinski definition) is 1. The lowest BCUT2D eigenvalue weighted by Gasteiger charge is -2.18. The first kappa shape index (κ1) is 10.6. The molecule has 2 heteroatoms. The fourth-order valence-electron chi connectivity index (χ4n) is 1.74. The molecule has 0 saturated heterocycles. The van der Waals surface area contributed by atoms with Crippen LogP contribution in [0.2, 0.25) is 0 Å². The van der Waals surface area contributed by atoms with Gasteiger partial charge in [-0.2, -0.15) is 0 Å². The molecule has 2 rings (SSSR count). The Bertz CT molecular complexity index is 477. The lowest BCUT2D eigenvalue weighted by Crippen LogP contribution is -2.09. The van der Waals surface area contributed by atoms with Crippen LogP contribution in [-0.2, 0) is 0 Å². The summed E-state index contributed by atoms with van der Waals surface area (Å²) in [5.74, 6) is 0.192. The number of rotatable bonds is 2. The molecule has 1 radical (unpaired) electrons. The summed E-state index contributed by atoms with van der Waals surface area (Å²) in [5.41, 5.74) is 2.82. The van der Waals surface area contributed by atoms with Crippen molar-refractivity contribution in [2.45, 2.75) is 0 Å². The molecule has 81 valence electrons. The molecule has 1 N–H and O–H groups in total. The predicted octanol–water partition coefficient (Wildman–Crippen LogP) is 2.93. The van der Waals surface area contributed by atoms with E-state index in [2.05, 4.69) is 6.07 Å². The minimum absolute atomic E-state index is 0.192. The molecule has 0 atom stereocenters. The van der Waals surface area contributed by atoms with Crippen LogP contribution in [0.25, 0.3) is 11.1 Å². The Labute approximate surface area is 95.8 Å². The maximum Gasteiger partial charge on any atom is 0.133 e. The highest BCUT2D eigenvalue weighted by Gasteiger charge is 2.11. The summed E-state index contributed by atoms with van der Waals surface area (Å²) in [5, 5.41) is 9.91. The number of anilines is 1. The van der Waals surface area contributed by atoms with E-state index < -0.39 is 0 Å². The van der Waals surface area contributed by atoms with Crippen molar-refractivity contribution >= 4 is 5.69 Å². The Hall–Kier alpha value is -1.96. The zero-order valence-electron chi connectivity index (χ0n) is 9.44. The van der Waals surface area contributed by atoms with Crippen LogP contribution in [0.15, 0.2) is 42.5 Å². The van der Waals surface area contributed by atoms with Crippen LogP contribution >= 0.6 is 0 Å². The monoisotopic (exact) mass is 212 g/mol. The first-order valence-electron chi connectivity index (χ1n) is 5.16. The molecule has 0 spiro atoms. The SMILES string of the molecule is CN(C)c1cc[c]c(O)c1-c1ccccc1. The fourth-order valence-corrected chi connectivity index (χ4v) is 1.74. The summed E-state index contributed by atoms with van der Waals surface area (Å²) in [6.45, 7) is 0. The summed E-state index contributed by atoms with van der Waals surface area (Å²) in [6.07, 6.45) is 0. The molecule has 0 amide bonds. The van der Waals surface area contributed by atoms with Crippen LogP contribution in [0.5, 0.6) is 5.75 Å². The second-order valence-electron chi connectivity index (χ2n) is 3.85. The molecule has 2 nitrogen and oxygen atoms in total. The molecule has 0 bridgehead atoms. The smallest absolute Gasteiger partial charge is 0.133 e. The predicted molar refractivity (Wildman–Crippen MR) is 66.7 cm³/mol. The van der Waals surface area contributed by atoms with Gasteiger partial charge in [0.1, 0.15) is 5.75 Å². The van der Waals surface area contributed by atoms with Crippen LogP contribution < -0.4 is 4.90 Å². The van der Waals surface area contributed by atoms with E-state index in [0.29, 0.717) is 0 Å². The summed E-state index contributed by atoms with van der Waals surface area (Å²) < 4.78 is 0. The lowest BCUT2D eigenvalue weighted by atomic mass is 10.0. The van der Waals surface area contributed by atoms with Crippen molar-refractivity contribution in [3.8, 4) is 16.9 Å². The number of phenols is 1. The first-order chi connectivity index (χ1) is 7.70. The number of nitrogens with zero attached hydrogens (tertiary/aromatic N) is 1. The minimum Gasteiger partial charge on any atom is -0.507 e. The largest absolute Gasteiger partial charge is 0.507 e. The topological polar surface area (TPSA) is 23.5 Å². The van der Waals surface area contributed by atoms with Crippen molar-refractivity contribution in [1.29, 1.82) is 0 Å². The van der Waals surface area contributed by atoms with Gasteiger partial charge in [0.05, 0.1) is 0 Å². The van der Waals surface area contributed by atoms with Crippen molar-refractivity contribution < 1.29 is 5.11 Å². The van der Waals surface area contributed by atoms with Crippen LogP contribution in [0.3, 0.4) is 0 Å². The number of phenolic OH excluding ortho intramolecular Hbond substituents is 1. The third kappa shape index (κ3) is 1.87. The van der Waals surface area contributed by atoms with E-state index in [1.807, 2.05) is 55.4 Å². The van der Waals surface area contributed by atoms with E-state index in [4.69, 9.17) is 0 Å². The first-order valence-corrected chi connectivity index (χ1v) is 5.16. The van der Waals surface area contributed by atoms with Gasteiger partial charge in [-0.15, -0.1) is 0 Å².